The van der Waals surface area contributed by atoms with Crippen molar-refractivity contribution in [1.82, 2.24) is 15.6 Å². The van der Waals surface area contributed by atoms with Crippen molar-refractivity contribution in [2.24, 2.45) is 0 Å². The summed E-state index contributed by atoms with van der Waals surface area (Å²) in [7, 11) is -0.308. The van der Waals surface area contributed by atoms with Gasteiger partial charge in [0.2, 0.25) is 5.91 Å². The average molecular weight is 413 g/mol. The van der Waals surface area contributed by atoms with Gasteiger partial charge < -0.3 is 25.4 Å². The fourth-order valence-electron chi connectivity index (χ4n) is 3.00. The molecule has 4 N–H and O–H groups in total. The Bertz CT molecular complexity index is 819. The zero-order valence-corrected chi connectivity index (χ0v) is 17.2. The summed E-state index contributed by atoms with van der Waals surface area (Å²) in [4.78, 5) is 29.2. The van der Waals surface area contributed by atoms with E-state index in [-0.39, 0.29) is 12.3 Å². The van der Waals surface area contributed by atoms with Gasteiger partial charge in [-0.1, -0.05) is 36.4 Å². The van der Waals surface area contributed by atoms with E-state index in [1.807, 2.05) is 30.3 Å². The molecule has 0 spiro atoms. The number of hydrogen-bond acceptors (Lipinski definition) is 6. The van der Waals surface area contributed by atoms with Crippen molar-refractivity contribution in [3.63, 3.8) is 0 Å². The summed E-state index contributed by atoms with van der Waals surface area (Å²) in [6.07, 6.45) is 1.77. The number of carbonyl (C=O) groups excluding carboxylic acids is 2. The maximum absolute atomic E-state index is 12.7. The van der Waals surface area contributed by atoms with Crippen LogP contribution >= 0.6 is 0 Å². The molecule has 2 amide bonds. The van der Waals surface area contributed by atoms with Crippen molar-refractivity contribution >= 4 is 18.9 Å². The lowest BCUT2D eigenvalue weighted by atomic mass is 9.76. The van der Waals surface area contributed by atoms with E-state index in [1.165, 1.54) is 7.11 Å². The van der Waals surface area contributed by atoms with E-state index >= 15 is 0 Å². The first-order valence-corrected chi connectivity index (χ1v) is 9.84. The maximum atomic E-state index is 12.7. The normalized spacial score (nSPS) is 12.7. The monoisotopic (exact) mass is 413 g/mol. The summed E-state index contributed by atoms with van der Waals surface area (Å²) in [6, 6.07) is 13.8. The van der Waals surface area contributed by atoms with Gasteiger partial charge in [0.1, 0.15) is 11.7 Å². The minimum Gasteiger partial charge on any atom is -0.426 e. The smallest absolute Gasteiger partial charge is 0.426 e. The maximum Gasteiger partial charge on any atom is 0.475 e. The molecule has 0 fully saturated rings. The molecule has 2 atom stereocenters. The first-order valence-electron chi connectivity index (χ1n) is 9.84. The summed E-state index contributed by atoms with van der Waals surface area (Å²) in [5.41, 5.74) is 1.99. The largest absolute Gasteiger partial charge is 0.475 e. The standard InChI is InChI=1S/C21H28BN3O5/c1-15-8-6-12-17(23-15)20(26)24-18(14-30-2)21(27)25-19(22(28)29)13-7-11-16-9-4-3-5-10-16/h3-6,8-10,12,18-19,28-29H,7,11,13-14H2,1-2H3,(H,24,26)(H,25,27)/t18?,19-/m0/s1. The Labute approximate surface area is 176 Å². The number of benzene rings is 1. The van der Waals surface area contributed by atoms with Crippen LogP contribution in [-0.2, 0) is 16.0 Å². The van der Waals surface area contributed by atoms with E-state index in [4.69, 9.17) is 4.74 Å². The molecule has 1 aromatic carbocycles. The van der Waals surface area contributed by atoms with E-state index in [0.29, 0.717) is 18.5 Å². The van der Waals surface area contributed by atoms with Gasteiger partial charge in [-0.05, 0) is 43.9 Å². The Balaban J connectivity index is 1.95. The van der Waals surface area contributed by atoms with Crippen molar-refractivity contribution in [2.45, 2.75) is 38.2 Å². The van der Waals surface area contributed by atoms with Crippen molar-refractivity contribution in [3.05, 3.63) is 65.5 Å². The Morgan fingerprint density at radius 2 is 1.83 bits per heavy atom. The first kappa shape index (κ1) is 23.5. The number of nitrogens with one attached hydrogen (secondary N) is 2. The fourth-order valence-corrected chi connectivity index (χ4v) is 3.00. The number of ether oxygens (including phenoxy) is 1. The minimum absolute atomic E-state index is 0.0678. The minimum atomic E-state index is -1.72. The molecule has 0 bridgehead atoms. The van der Waals surface area contributed by atoms with Gasteiger partial charge >= 0.3 is 7.12 Å². The third-order valence-electron chi connectivity index (χ3n) is 4.59. The second kappa shape index (κ2) is 12.1. The molecule has 160 valence electrons. The number of rotatable bonds is 11. The van der Waals surface area contributed by atoms with E-state index in [0.717, 1.165) is 12.0 Å². The SMILES string of the molecule is COCC(NC(=O)c1cccc(C)n1)C(=O)N[C@@H](CCCc1ccccc1)B(O)O. The molecule has 1 aromatic heterocycles. The van der Waals surface area contributed by atoms with Crippen LogP contribution in [0.1, 0.15) is 34.6 Å². The molecule has 1 heterocycles. The molecule has 1 unspecified atom stereocenters. The van der Waals surface area contributed by atoms with Gasteiger partial charge in [-0.3, -0.25) is 9.59 Å². The van der Waals surface area contributed by atoms with Crippen molar-refractivity contribution in [3.8, 4) is 0 Å². The predicted octanol–water partition coefficient (Wildman–Crippen LogP) is 0.655. The number of aryl methyl sites for hydroxylation is 2. The second-order valence-corrected chi connectivity index (χ2v) is 7.05. The third kappa shape index (κ3) is 7.59. The molecule has 0 saturated heterocycles. The Morgan fingerprint density at radius 3 is 2.47 bits per heavy atom. The average Bonchev–Trinajstić information content (AvgIpc) is 2.73. The molecule has 0 radical (unpaired) electrons. The Kier molecular flexibility index (Phi) is 9.46. The molecular weight excluding hydrogens is 385 g/mol. The predicted molar refractivity (Wildman–Crippen MR) is 114 cm³/mol. The van der Waals surface area contributed by atoms with Crippen molar-refractivity contribution < 1.29 is 24.4 Å². The number of pyridine rings is 1. The molecule has 2 aromatic rings. The molecule has 0 aliphatic carbocycles. The van der Waals surface area contributed by atoms with Gasteiger partial charge in [0.05, 0.1) is 12.5 Å². The van der Waals surface area contributed by atoms with Crippen molar-refractivity contribution in [1.29, 1.82) is 0 Å². The van der Waals surface area contributed by atoms with Crippen LogP contribution in [0.25, 0.3) is 0 Å². The van der Waals surface area contributed by atoms with E-state index < -0.39 is 30.9 Å². The van der Waals surface area contributed by atoms with E-state index in [1.54, 1.807) is 25.1 Å². The first-order chi connectivity index (χ1) is 14.4. The van der Waals surface area contributed by atoms with Gasteiger partial charge in [-0.25, -0.2) is 4.98 Å². The summed E-state index contributed by atoms with van der Waals surface area (Å²) in [5.74, 6) is -1.94. The van der Waals surface area contributed by atoms with Crippen LogP contribution in [0, 0.1) is 6.92 Å². The number of amides is 2. The highest BCUT2D eigenvalue weighted by atomic mass is 16.5. The highest BCUT2D eigenvalue weighted by Gasteiger charge is 2.29. The fraction of sp³-hybridized carbons (Fsp3) is 0.381. The second-order valence-electron chi connectivity index (χ2n) is 7.05. The van der Waals surface area contributed by atoms with Gasteiger partial charge in [0.25, 0.3) is 5.91 Å². The lowest BCUT2D eigenvalue weighted by molar-refractivity contribution is -0.124. The molecule has 30 heavy (non-hydrogen) atoms. The van der Waals surface area contributed by atoms with Crippen LogP contribution < -0.4 is 10.6 Å². The molecule has 9 heteroatoms. The number of carbonyl (C=O) groups is 2. The lowest BCUT2D eigenvalue weighted by Gasteiger charge is -2.22. The van der Waals surface area contributed by atoms with E-state index in [2.05, 4.69) is 15.6 Å². The van der Waals surface area contributed by atoms with Gasteiger partial charge in [-0.15, -0.1) is 0 Å². The molecule has 8 nitrogen and oxygen atoms in total. The summed E-state index contributed by atoms with van der Waals surface area (Å²) in [5, 5.41) is 24.5. The van der Waals surface area contributed by atoms with Crippen LogP contribution in [-0.4, -0.2) is 59.7 Å². The quantitative estimate of drug-likeness (QED) is 0.402. The highest BCUT2D eigenvalue weighted by Crippen LogP contribution is 2.08. The summed E-state index contributed by atoms with van der Waals surface area (Å²) >= 11 is 0. The third-order valence-corrected chi connectivity index (χ3v) is 4.59. The van der Waals surface area contributed by atoms with Crippen LogP contribution in [0.5, 0.6) is 0 Å². The lowest BCUT2D eigenvalue weighted by Crippen LogP contribution is -2.55. The number of methoxy groups -OCH3 is 1. The molecule has 0 aliphatic heterocycles. The molecule has 0 saturated carbocycles. The molecule has 2 rings (SSSR count). The Hall–Kier alpha value is -2.75. The molecular formula is C21H28BN3O5. The summed E-state index contributed by atoms with van der Waals surface area (Å²) < 4.78 is 5.05. The van der Waals surface area contributed by atoms with Gasteiger partial charge in [0, 0.05) is 12.8 Å². The van der Waals surface area contributed by atoms with Crippen LogP contribution in [0.4, 0.5) is 0 Å². The zero-order valence-electron chi connectivity index (χ0n) is 17.2. The molecule has 0 aliphatic rings. The number of hydrogen-bond donors (Lipinski definition) is 4. The van der Waals surface area contributed by atoms with Gasteiger partial charge in [-0.2, -0.15) is 0 Å². The topological polar surface area (TPSA) is 121 Å². The van der Waals surface area contributed by atoms with Crippen LogP contribution in [0.15, 0.2) is 48.5 Å². The Morgan fingerprint density at radius 1 is 1.10 bits per heavy atom. The van der Waals surface area contributed by atoms with E-state index in [9.17, 15) is 19.6 Å². The number of nitrogens with zero attached hydrogens (tertiary/aromatic N) is 1. The van der Waals surface area contributed by atoms with Crippen LogP contribution in [0.3, 0.4) is 0 Å². The number of aromatic nitrogens is 1. The van der Waals surface area contributed by atoms with Gasteiger partial charge in [0.15, 0.2) is 0 Å². The van der Waals surface area contributed by atoms with Crippen LogP contribution in [0.2, 0.25) is 0 Å². The van der Waals surface area contributed by atoms with Crippen molar-refractivity contribution in [2.75, 3.05) is 13.7 Å². The summed E-state index contributed by atoms with van der Waals surface area (Å²) in [6.45, 7) is 1.69. The zero-order chi connectivity index (χ0) is 21.9. The highest BCUT2D eigenvalue weighted by molar-refractivity contribution is 6.43.